The van der Waals surface area contributed by atoms with Gasteiger partial charge < -0.3 is 14.8 Å². The Morgan fingerprint density at radius 1 is 1.23 bits per heavy atom. The zero-order valence-electron chi connectivity index (χ0n) is 17.2. The van der Waals surface area contributed by atoms with Gasteiger partial charge in [0.15, 0.2) is 0 Å². The van der Waals surface area contributed by atoms with Crippen LogP contribution in [0.5, 0.6) is 0 Å². The van der Waals surface area contributed by atoms with E-state index in [2.05, 4.69) is 21.8 Å². The maximum atomic E-state index is 13.5. The van der Waals surface area contributed by atoms with Crippen molar-refractivity contribution in [3.63, 3.8) is 0 Å². The minimum Gasteiger partial charge on any atom is -0.337 e. The molecule has 0 radical (unpaired) electrons. The third kappa shape index (κ3) is 4.18. The number of fused-ring (bicyclic) bond motifs is 1. The summed E-state index contributed by atoms with van der Waals surface area (Å²) in [6, 6.07) is 7.56. The number of nitrogens with one attached hydrogen (secondary N) is 1. The molecule has 0 atom stereocenters. The minimum atomic E-state index is -0.173. The lowest BCUT2D eigenvalue weighted by atomic mass is 10.1. The molecule has 8 heteroatoms. The van der Waals surface area contributed by atoms with Crippen LogP contribution < -0.4 is 5.32 Å². The molecule has 3 aromatic rings. The van der Waals surface area contributed by atoms with Crippen molar-refractivity contribution in [1.82, 2.24) is 19.4 Å². The summed E-state index contributed by atoms with van der Waals surface area (Å²) in [7, 11) is 0. The van der Waals surface area contributed by atoms with Crippen molar-refractivity contribution >= 4 is 40.3 Å². The van der Waals surface area contributed by atoms with Gasteiger partial charge in [-0.05, 0) is 23.8 Å². The number of hydrogen-bond donors (Lipinski definition) is 1. The lowest BCUT2D eigenvalue weighted by molar-refractivity contribution is -0.114. The molecule has 0 bridgehead atoms. The van der Waals surface area contributed by atoms with E-state index in [4.69, 9.17) is 4.98 Å². The van der Waals surface area contributed by atoms with Gasteiger partial charge in [0.05, 0.1) is 23.1 Å². The second-order valence-corrected chi connectivity index (χ2v) is 8.53. The van der Waals surface area contributed by atoms with E-state index in [0.717, 1.165) is 53.4 Å². The number of imidazole rings is 1. The Kier molecular flexibility index (Phi) is 6.03. The fourth-order valence-corrected chi connectivity index (χ4v) is 4.71. The summed E-state index contributed by atoms with van der Waals surface area (Å²) >= 11 is 1.86. The van der Waals surface area contributed by atoms with Gasteiger partial charge in [0, 0.05) is 56.0 Å². The number of amides is 2. The van der Waals surface area contributed by atoms with Crippen LogP contribution in [0.2, 0.25) is 0 Å². The molecular formula is C22H25N5O2S. The summed E-state index contributed by atoms with van der Waals surface area (Å²) in [5, 5.41) is 2.82. The van der Waals surface area contributed by atoms with Crippen LogP contribution in [0.15, 0.2) is 36.7 Å². The van der Waals surface area contributed by atoms with Crippen LogP contribution in [0.1, 0.15) is 35.6 Å². The van der Waals surface area contributed by atoms with Gasteiger partial charge in [-0.2, -0.15) is 11.8 Å². The van der Waals surface area contributed by atoms with Gasteiger partial charge in [-0.15, -0.1) is 0 Å². The molecule has 156 valence electrons. The fraction of sp³-hybridized carbons (Fsp3) is 0.364. The number of hydrogen-bond acceptors (Lipinski definition) is 5. The Hall–Kier alpha value is -2.87. The molecule has 4 rings (SSSR count). The molecule has 1 fully saturated rings. The van der Waals surface area contributed by atoms with Crippen LogP contribution in [0.3, 0.4) is 0 Å². The molecule has 1 aliphatic rings. The Morgan fingerprint density at radius 2 is 2.03 bits per heavy atom. The van der Waals surface area contributed by atoms with E-state index in [9.17, 15) is 9.59 Å². The normalized spacial score (nSPS) is 14.1. The van der Waals surface area contributed by atoms with E-state index in [1.54, 1.807) is 12.3 Å². The molecular weight excluding hydrogens is 398 g/mol. The average Bonchev–Trinajstić information content (AvgIpc) is 3.11. The molecule has 30 heavy (non-hydrogen) atoms. The Balaban J connectivity index is 1.87. The van der Waals surface area contributed by atoms with Crippen molar-refractivity contribution in [3.05, 3.63) is 53.6 Å². The van der Waals surface area contributed by atoms with E-state index in [-0.39, 0.29) is 11.8 Å². The van der Waals surface area contributed by atoms with Gasteiger partial charge in [0.1, 0.15) is 5.82 Å². The summed E-state index contributed by atoms with van der Waals surface area (Å²) in [5.41, 5.74) is 3.76. The molecule has 7 nitrogen and oxygen atoms in total. The van der Waals surface area contributed by atoms with E-state index < -0.39 is 0 Å². The molecule has 0 aliphatic carbocycles. The maximum absolute atomic E-state index is 13.5. The number of aromatic nitrogens is 3. The highest BCUT2D eigenvalue weighted by Gasteiger charge is 2.25. The van der Waals surface area contributed by atoms with Crippen molar-refractivity contribution in [1.29, 1.82) is 0 Å². The smallest absolute Gasteiger partial charge is 0.256 e. The molecule has 1 N–H and O–H groups in total. The molecule has 2 amide bonds. The van der Waals surface area contributed by atoms with Crippen LogP contribution in [0.25, 0.3) is 11.0 Å². The topological polar surface area (TPSA) is 80.1 Å². The van der Waals surface area contributed by atoms with Crippen LogP contribution in [0, 0.1) is 0 Å². The summed E-state index contributed by atoms with van der Waals surface area (Å²) in [5.74, 6) is 2.59. The van der Waals surface area contributed by atoms with Gasteiger partial charge in [-0.3, -0.25) is 14.6 Å². The standard InChI is InChI=1S/C22H25N5O2S/c1-3-20-25-19-12-17(24-15(2)28)11-18(22(29)26-7-9-30-10-8-26)21(19)27(20)14-16-5-4-6-23-13-16/h4-6,11-13H,3,7-10,14H2,1-2H3,(H,24,28). The van der Waals surface area contributed by atoms with Gasteiger partial charge in [0.25, 0.3) is 5.91 Å². The van der Waals surface area contributed by atoms with Gasteiger partial charge in [-0.25, -0.2) is 4.98 Å². The van der Waals surface area contributed by atoms with Crippen molar-refractivity contribution in [2.45, 2.75) is 26.8 Å². The SMILES string of the molecule is CCc1nc2cc(NC(C)=O)cc(C(=O)N3CCSCC3)c2n1Cc1cccnc1. The number of rotatable bonds is 5. The predicted octanol–water partition coefficient (Wildman–Crippen LogP) is 3.19. The first-order valence-corrected chi connectivity index (χ1v) is 11.3. The molecule has 0 saturated carbocycles. The monoisotopic (exact) mass is 423 g/mol. The minimum absolute atomic E-state index is 0.0116. The quantitative estimate of drug-likeness (QED) is 0.682. The summed E-state index contributed by atoms with van der Waals surface area (Å²) in [6.45, 7) is 5.56. The number of thioether (sulfide) groups is 1. The number of carbonyl (C=O) groups excluding carboxylic acids is 2. The average molecular weight is 424 g/mol. The lowest BCUT2D eigenvalue weighted by Gasteiger charge is -2.27. The van der Waals surface area contributed by atoms with Crippen molar-refractivity contribution < 1.29 is 9.59 Å². The third-order valence-corrected chi connectivity index (χ3v) is 6.09. The fourth-order valence-electron chi connectivity index (χ4n) is 3.81. The highest BCUT2D eigenvalue weighted by Crippen LogP contribution is 2.28. The molecule has 2 aromatic heterocycles. The zero-order valence-corrected chi connectivity index (χ0v) is 18.0. The van der Waals surface area contributed by atoms with Crippen molar-refractivity contribution in [3.8, 4) is 0 Å². The van der Waals surface area contributed by atoms with Gasteiger partial charge in [0.2, 0.25) is 5.91 Å². The van der Waals surface area contributed by atoms with Crippen LogP contribution >= 0.6 is 11.8 Å². The molecule has 0 spiro atoms. The van der Waals surface area contributed by atoms with E-state index in [1.165, 1.54) is 6.92 Å². The first-order valence-electron chi connectivity index (χ1n) is 10.1. The maximum Gasteiger partial charge on any atom is 0.256 e. The lowest BCUT2D eigenvalue weighted by Crippen LogP contribution is -2.38. The molecule has 1 aliphatic heterocycles. The van der Waals surface area contributed by atoms with Crippen LogP contribution in [0.4, 0.5) is 5.69 Å². The molecule has 1 aromatic carbocycles. The Labute approximate surface area is 179 Å². The number of pyridine rings is 1. The van der Waals surface area contributed by atoms with E-state index >= 15 is 0 Å². The largest absolute Gasteiger partial charge is 0.337 e. The van der Waals surface area contributed by atoms with Crippen LogP contribution in [-0.4, -0.2) is 55.8 Å². The summed E-state index contributed by atoms with van der Waals surface area (Å²) in [4.78, 5) is 36.1. The van der Waals surface area contributed by atoms with Crippen molar-refractivity contribution in [2.75, 3.05) is 29.9 Å². The molecule has 0 unspecified atom stereocenters. The number of aryl methyl sites for hydroxylation is 1. The Bertz CT molecular complexity index is 1070. The predicted molar refractivity (Wildman–Crippen MR) is 120 cm³/mol. The summed E-state index contributed by atoms with van der Waals surface area (Å²) < 4.78 is 2.11. The van der Waals surface area contributed by atoms with E-state index in [0.29, 0.717) is 17.8 Å². The first kappa shape index (κ1) is 20.4. The highest BCUT2D eigenvalue weighted by atomic mass is 32.2. The van der Waals surface area contributed by atoms with Gasteiger partial charge in [-0.1, -0.05) is 13.0 Å². The second-order valence-electron chi connectivity index (χ2n) is 7.31. The number of nitrogens with zero attached hydrogens (tertiary/aromatic N) is 4. The van der Waals surface area contributed by atoms with Crippen molar-refractivity contribution in [2.24, 2.45) is 0 Å². The van der Waals surface area contributed by atoms with Crippen LogP contribution in [-0.2, 0) is 17.8 Å². The first-order chi connectivity index (χ1) is 14.6. The molecule has 1 saturated heterocycles. The highest BCUT2D eigenvalue weighted by molar-refractivity contribution is 7.99. The number of carbonyl (C=O) groups is 2. The van der Waals surface area contributed by atoms with Gasteiger partial charge >= 0.3 is 0 Å². The second kappa shape index (κ2) is 8.87. The Morgan fingerprint density at radius 3 is 2.70 bits per heavy atom. The number of benzene rings is 1. The van der Waals surface area contributed by atoms with E-state index in [1.807, 2.05) is 41.1 Å². The number of anilines is 1. The third-order valence-electron chi connectivity index (χ3n) is 5.15. The summed E-state index contributed by atoms with van der Waals surface area (Å²) in [6.07, 6.45) is 4.32. The molecule has 3 heterocycles. The zero-order chi connectivity index (χ0) is 21.1.